The van der Waals surface area contributed by atoms with Crippen molar-refractivity contribution in [3.8, 4) is 22.6 Å². The molecule has 0 aliphatic carbocycles. The minimum Gasteiger partial charge on any atom is -0.493 e. The van der Waals surface area contributed by atoms with Crippen LogP contribution in [0.4, 0.5) is 0 Å². The van der Waals surface area contributed by atoms with Crippen LogP contribution in [0.2, 0.25) is 0 Å². The van der Waals surface area contributed by atoms with Crippen molar-refractivity contribution in [1.29, 1.82) is 0 Å². The molecule has 8 nitrogen and oxygen atoms in total. The highest BCUT2D eigenvalue weighted by molar-refractivity contribution is 7.89. The zero-order chi connectivity index (χ0) is 17.5. The second-order valence-corrected chi connectivity index (χ2v) is 6.64. The maximum absolute atomic E-state index is 11.7. The second kappa shape index (κ2) is 5.77. The second-order valence-electron chi connectivity index (χ2n) is 5.14. The van der Waals surface area contributed by atoms with E-state index in [1.165, 1.54) is 4.52 Å². The van der Waals surface area contributed by atoms with Crippen LogP contribution in [0.3, 0.4) is 0 Å². The molecule has 0 saturated carbocycles. The van der Waals surface area contributed by atoms with E-state index in [-0.39, 0.29) is 10.5 Å². The average Bonchev–Trinajstić information content (AvgIpc) is 2.88. The molecule has 0 amide bonds. The van der Waals surface area contributed by atoms with Gasteiger partial charge in [-0.3, -0.25) is 0 Å². The van der Waals surface area contributed by atoms with E-state index in [4.69, 9.17) is 14.6 Å². The zero-order valence-electron chi connectivity index (χ0n) is 13.3. The minimum atomic E-state index is -3.90. The largest absolute Gasteiger partial charge is 0.493 e. The minimum absolute atomic E-state index is 0.0682. The number of sulfonamides is 1. The number of hydrogen-bond donors (Lipinski definition) is 1. The fourth-order valence-corrected chi connectivity index (χ4v) is 3.38. The Balaban J connectivity index is 2.16. The van der Waals surface area contributed by atoms with Gasteiger partial charge in [0.15, 0.2) is 17.1 Å². The van der Waals surface area contributed by atoms with Crippen LogP contribution in [0.1, 0.15) is 5.69 Å². The first kappa shape index (κ1) is 16.2. The maximum Gasteiger partial charge on any atom is 0.243 e. The van der Waals surface area contributed by atoms with Gasteiger partial charge in [0.05, 0.1) is 19.9 Å². The van der Waals surface area contributed by atoms with E-state index in [1.54, 1.807) is 45.7 Å². The van der Waals surface area contributed by atoms with Crippen LogP contribution in [0.15, 0.2) is 35.5 Å². The summed E-state index contributed by atoms with van der Waals surface area (Å²) >= 11 is 0. The number of rotatable bonds is 4. The number of methoxy groups -OCH3 is 2. The standard InChI is InChI=1S/C15H16N4O4S/c1-9-14(24(16,20)21)15-17-7-11(8-19(15)18-9)10-4-5-12(22-2)13(6-10)23-3/h4-8H,1-3H3,(H2,16,20,21). The van der Waals surface area contributed by atoms with Gasteiger partial charge in [0.1, 0.15) is 4.90 Å². The smallest absolute Gasteiger partial charge is 0.243 e. The summed E-state index contributed by atoms with van der Waals surface area (Å²) < 4.78 is 35.3. The van der Waals surface area contributed by atoms with E-state index in [9.17, 15) is 8.42 Å². The summed E-state index contributed by atoms with van der Waals surface area (Å²) in [4.78, 5) is 4.14. The van der Waals surface area contributed by atoms with Gasteiger partial charge in [-0.25, -0.2) is 23.1 Å². The predicted octanol–water partition coefficient (Wildman–Crippen LogP) is 1.37. The number of nitrogens with zero attached hydrogens (tertiary/aromatic N) is 3. The fraction of sp³-hybridized carbons (Fsp3) is 0.200. The average molecular weight is 348 g/mol. The van der Waals surface area contributed by atoms with Crippen molar-refractivity contribution in [2.75, 3.05) is 14.2 Å². The van der Waals surface area contributed by atoms with E-state index in [1.807, 2.05) is 6.07 Å². The van der Waals surface area contributed by atoms with Crippen molar-refractivity contribution in [3.05, 3.63) is 36.3 Å². The molecule has 24 heavy (non-hydrogen) atoms. The number of aromatic nitrogens is 3. The molecule has 2 aromatic heterocycles. The van der Waals surface area contributed by atoms with Crippen LogP contribution >= 0.6 is 0 Å². The van der Waals surface area contributed by atoms with Crippen molar-refractivity contribution >= 4 is 15.7 Å². The van der Waals surface area contributed by atoms with Crippen molar-refractivity contribution in [3.63, 3.8) is 0 Å². The Hall–Kier alpha value is -2.65. The van der Waals surface area contributed by atoms with Crippen LogP contribution in [0.25, 0.3) is 16.8 Å². The molecule has 0 aliphatic rings. The molecular weight excluding hydrogens is 332 g/mol. The third-order valence-electron chi connectivity index (χ3n) is 3.60. The van der Waals surface area contributed by atoms with Gasteiger partial charge in [-0.1, -0.05) is 6.07 Å². The van der Waals surface area contributed by atoms with Gasteiger partial charge in [0.2, 0.25) is 10.0 Å². The van der Waals surface area contributed by atoms with Crippen LogP contribution in [0, 0.1) is 6.92 Å². The lowest BCUT2D eigenvalue weighted by Gasteiger charge is -2.09. The Morgan fingerprint density at radius 3 is 2.46 bits per heavy atom. The number of fused-ring (bicyclic) bond motifs is 1. The van der Waals surface area contributed by atoms with Crippen molar-refractivity contribution < 1.29 is 17.9 Å². The third-order valence-corrected chi connectivity index (χ3v) is 4.64. The van der Waals surface area contributed by atoms with Crippen molar-refractivity contribution in [2.24, 2.45) is 5.14 Å². The first-order chi connectivity index (χ1) is 11.3. The topological polar surface area (TPSA) is 109 Å². The fourth-order valence-electron chi connectivity index (χ4n) is 2.52. The molecule has 126 valence electrons. The summed E-state index contributed by atoms with van der Waals surface area (Å²) in [6.07, 6.45) is 3.25. The predicted molar refractivity (Wildman–Crippen MR) is 87.6 cm³/mol. The van der Waals surface area contributed by atoms with Crippen molar-refractivity contribution in [1.82, 2.24) is 14.6 Å². The van der Waals surface area contributed by atoms with E-state index < -0.39 is 10.0 Å². The van der Waals surface area contributed by atoms with Crippen LogP contribution in [-0.4, -0.2) is 37.2 Å². The van der Waals surface area contributed by atoms with Gasteiger partial charge in [0.25, 0.3) is 0 Å². The lowest BCUT2D eigenvalue weighted by atomic mass is 10.1. The molecule has 0 aliphatic heterocycles. The van der Waals surface area contributed by atoms with Crippen LogP contribution in [0.5, 0.6) is 11.5 Å². The first-order valence-corrected chi connectivity index (χ1v) is 8.50. The Kier molecular flexibility index (Phi) is 3.90. The molecule has 3 aromatic rings. The molecule has 0 spiro atoms. The van der Waals surface area contributed by atoms with E-state index in [0.717, 1.165) is 11.1 Å². The van der Waals surface area contributed by atoms with Gasteiger partial charge < -0.3 is 9.47 Å². The first-order valence-electron chi connectivity index (χ1n) is 6.95. The molecule has 0 radical (unpaired) electrons. The molecule has 1 aromatic carbocycles. The van der Waals surface area contributed by atoms with Gasteiger partial charge in [0, 0.05) is 18.0 Å². The Labute approximate surface area is 138 Å². The molecule has 2 N–H and O–H groups in total. The highest BCUT2D eigenvalue weighted by Gasteiger charge is 2.21. The molecule has 3 rings (SSSR count). The lowest BCUT2D eigenvalue weighted by molar-refractivity contribution is 0.355. The molecule has 2 heterocycles. The van der Waals surface area contributed by atoms with Crippen LogP contribution in [-0.2, 0) is 10.0 Å². The van der Waals surface area contributed by atoms with Gasteiger partial charge in [-0.2, -0.15) is 5.10 Å². The number of benzene rings is 1. The normalized spacial score (nSPS) is 11.7. The Morgan fingerprint density at radius 1 is 1.12 bits per heavy atom. The number of hydrogen-bond acceptors (Lipinski definition) is 6. The van der Waals surface area contributed by atoms with E-state index in [2.05, 4.69) is 10.1 Å². The van der Waals surface area contributed by atoms with Crippen LogP contribution < -0.4 is 14.6 Å². The van der Waals surface area contributed by atoms with Gasteiger partial charge >= 0.3 is 0 Å². The van der Waals surface area contributed by atoms with Crippen molar-refractivity contribution in [2.45, 2.75) is 11.8 Å². The summed E-state index contributed by atoms with van der Waals surface area (Å²) in [5, 5.41) is 9.42. The number of primary sulfonamides is 1. The summed E-state index contributed by atoms with van der Waals surface area (Å²) in [5.41, 5.74) is 2.06. The lowest BCUT2D eigenvalue weighted by Crippen LogP contribution is -2.13. The number of aryl methyl sites for hydroxylation is 1. The molecule has 0 atom stereocenters. The highest BCUT2D eigenvalue weighted by atomic mass is 32.2. The summed E-state index contributed by atoms with van der Waals surface area (Å²) in [6.45, 7) is 1.57. The molecule has 9 heteroatoms. The quantitative estimate of drug-likeness (QED) is 0.763. The summed E-state index contributed by atoms with van der Waals surface area (Å²) in [7, 11) is -0.780. The number of ether oxygens (including phenoxy) is 2. The monoisotopic (exact) mass is 348 g/mol. The summed E-state index contributed by atoms with van der Waals surface area (Å²) in [6, 6.07) is 5.43. The molecule has 0 fully saturated rings. The maximum atomic E-state index is 11.7. The molecular formula is C15H16N4O4S. The highest BCUT2D eigenvalue weighted by Crippen LogP contribution is 2.32. The Bertz CT molecular complexity index is 1030. The van der Waals surface area contributed by atoms with Gasteiger partial charge in [-0.15, -0.1) is 0 Å². The molecule has 0 unspecified atom stereocenters. The summed E-state index contributed by atoms with van der Waals surface area (Å²) in [5.74, 6) is 1.19. The number of nitrogens with two attached hydrogens (primary N) is 1. The van der Waals surface area contributed by atoms with Gasteiger partial charge in [-0.05, 0) is 24.6 Å². The van der Waals surface area contributed by atoms with E-state index in [0.29, 0.717) is 17.2 Å². The molecule has 0 bridgehead atoms. The molecule has 0 saturated heterocycles. The Morgan fingerprint density at radius 2 is 1.83 bits per heavy atom. The van der Waals surface area contributed by atoms with E-state index >= 15 is 0 Å². The third kappa shape index (κ3) is 2.68. The SMILES string of the molecule is COc1ccc(-c2cnc3c(S(N)(=O)=O)c(C)nn3c2)cc1OC. The zero-order valence-corrected chi connectivity index (χ0v) is 14.2.